The molecule has 17 nitrogen and oxygen atoms in total. The molecule has 4 aliphatic heterocycles. The monoisotopic (exact) mass is 1100 g/mol. The average Bonchev–Trinajstić information content (AvgIpc) is 3.33. The number of nitrogens with one attached hydrogen (secondary N) is 1. The number of aryl methyl sites for hydroxylation is 2. The molecule has 4 aliphatic rings. The van der Waals surface area contributed by atoms with Crippen LogP contribution in [-0.2, 0) is 39.0 Å². The number of likely N-dealkylation sites (N-methyl/N-ethyl adjacent to an activating group) is 1. The van der Waals surface area contributed by atoms with E-state index in [9.17, 15) is 38.4 Å². The third-order valence-electron chi connectivity index (χ3n) is 13.9. The molecular formula is C60H47N3O14S2. The highest BCUT2D eigenvalue weighted by Gasteiger charge is 2.56. The number of esters is 4. The molecule has 5 heterocycles. The Morgan fingerprint density at radius 3 is 2.00 bits per heavy atom. The molecule has 79 heavy (non-hydrogen) atoms. The Balaban J connectivity index is 0.879. The zero-order valence-corrected chi connectivity index (χ0v) is 44.6. The maximum atomic E-state index is 14.9. The van der Waals surface area contributed by atoms with E-state index in [2.05, 4.69) is 5.32 Å². The largest absolute Gasteiger partial charge is 0.456 e. The topological polar surface area (TPSA) is 214 Å². The third-order valence-corrected chi connectivity index (χ3v) is 16.4. The van der Waals surface area contributed by atoms with Gasteiger partial charge in [0.2, 0.25) is 5.91 Å². The number of rotatable bonds is 13. The van der Waals surface area contributed by atoms with Crippen molar-refractivity contribution in [3.05, 3.63) is 205 Å². The Labute approximate surface area is 459 Å². The van der Waals surface area contributed by atoms with Crippen LogP contribution in [0.1, 0.15) is 79.6 Å². The first kappa shape index (κ1) is 52.1. The molecule has 3 amide bonds. The summed E-state index contributed by atoms with van der Waals surface area (Å²) in [7, 11) is 1.37. The van der Waals surface area contributed by atoms with E-state index in [1.54, 1.807) is 42.5 Å². The van der Waals surface area contributed by atoms with Crippen LogP contribution >= 0.6 is 23.5 Å². The van der Waals surface area contributed by atoms with Crippen molar-refractivity contribution in [2.45, 2.75) is 55.7 Å². The second-order valence-electron chi connectivity index (χ2n) is 19.3. The van der Waals surface area contributed by atoms with Crippen molar-refractivity contribution >= 4 is 76.1 Å². The van der Waals surface area contributed by atoms with E-state index in [0.717, 1.165) is 16.0 Å². The number of fused-ring (bicyclic) bond motifs is 8. The Morgan fingerprint density at radius 2 is 1.38 bits per heavy atom. The van der Waals surface area contributed by atoms with E-state index in [1.807, 2.05) is 86.6 Å². The van der Waals surface area contributed by atoms with Gasteiger partial charge in [-0.2, -0.15) is 0 Å². The fraction of sp³-hybridized carbons (Fsp3) is 0.200. The standard InChI is InChI=1S/C60H47N3O14S2/c1-31-22-37-24-43(57(69)75-47(37)23-32(31)2)54(67)62(5)28-50(66)61-51-55(68)63-52(59(71)76-53(35-12-8-6-9-13-35)36-14-10-7-11-15-36)38(30-79-56(51)63)29-78-41-18-21-44-42(27-41)58(70)77-60(44)45-19-16-39(72-33(3)64)25-48(45)74-49-26-40(73-34(4)65)17-20-46(49)60/h6-27,51,53,56H,28-30H2,1-5H3,(H,61,66). The van der Waals surface area contributed by atoms with Gasteiger partial charge < -0.3 is 38.3 Å². The Morgan fingerprint density at radius 1 is 0.772 bits per heavy atom. The van der Waals surface area contributed by atoms with E-state index >= 15 is 0 Å². The van der Waals surface area contributed by atoms with Gasteiger partial charge in [-0.25, -0.2) is 14.4 Å². The number of hydrogen-bond acceptors (Lipinski definition) is 16. The first-order valence-corrected chi connectivity index (χ1v) is 26.9. The quantitative estimate of drug-likeness (QED) is 0.0376. The highest BCUT2D eigenvalue weighted by atomic mass is 32.2. The van der Waals surface area contributed by atoms with Crippen molar-refractivity contribution in [1.29, 1.82) is 0 Å². The molecule has 0 bridgehead atoms. The number of hydrogen-bond donors (Lipinski definition) is 1. The van der Waals surface area contributed by atoms with Crippen LogP contribution in [0, 0.1) is 13.8 Å². The molecule has 19 heteroatoms. The Hall–Kier alpha value is -8.94. The summed E-state index contributed by atoms with van der Waals surface area (Å²) in [5.74, 6) is -3.27. The molecule has 1 N–H and O–H groups in total. The number of nitrogens with zero attached hydrogens (tertiary/aromatic N) is 2. The zero-order chi connectivity index (χ0) is 55.4. The normalized spacial score (nSPS) is 16.4. The molecule has 0 radical (unpaired) electrons. The predicted molar refractivity (Wildman–Crippen MR) is 290 cm³/mol. The van der Waals surface area contributed by atoms with E-state index in [-0.39, 0.29) is 51.3 Å². The molecule has 1 saturated heterocycles. The summed E-state index contributed by atoms with van der Waals surface area (Å²) in [6.07, 6.45) is -0.862. The molecule has 0 aliphatic carbocycles. The van der Waals surface area contributed by atoms with Crippen LogP contribution in [0.3, 0.4) is 0 Å². The van der Waals surface area contributed by atoms with Gasteiger partial charge in [-0.3, -0.25) is 28.9 Å². The van der Waals surface area contributed by atoms with Crippen molar-refractivity contribution < 1.29 is 61.7 Å². The van der Waals surface area contributed by atoms with E-state index < -0.39 is 76.9 Å². The number of β-lactam (4-membered cyclic amide) rings is 1. The van der Waals surface area contributed by atoms with Gasteiger partial charge in [0.25, 0.3) is 11.8 Å². The summed E-state index contributed by atoms with van der Waals surface area (Å²) < 4.78 is 35.3. The van der Waals surface area contributed by atoms with Crippen LogP contribution in [0.5, 0.6) is 23.0 Å². The summed E-state index contributed by atoms with van der Waals surface area (Å²) in [5, 5.41) is 2.57. The molecule has 6 aromatic carbocycles. The van der Waals surface area contributed by atoms with Crippen LogP contribution in [-0.4, -0.2) is 87.9 Å². The van der Waals surface area contributed by atoms with E-state index in [4.69, 9.17) is 28.1 Å². The average molecular weight is 1100 g/mol. The SMILES string of the molecule is CC(=O)Oc1ccc2c(c1)Oc1cc(OC(C)=O)ccc1C21OC(=O)c2cc(SCC3=C(C(=O)OC(c4ccccc4)c4ccccc4)N4C(=O)C(NC(=O)CN(C)C(=O)c5cc6cc(C)c(C)cc6oc5=O)C4SC3)ccc21. The van der Waals surface area contributed by atoms with E-state index in [0.29, 0.717) is 49.3 Å². The van der Waals surface area contributed by atoms with Gasteiger partial charge in [-0.05, 0) is 96.3 Å². The minimum absolute atomic E-state index is 0.0144. The van der Waals surface area contributed by atoms with Gasteiger partial charge in [-0.1, -0.05) is 66.7 Å². The van der Waals surface area contributed by atoms with Crippen molar-refractivity contribution in [2.75, 3.05) is 25.1 Å². The van der Waals surface area contributed by atoms with Gasteiger partial charge in [0.15, 0.2) is 11.7 Å². The predicted octanol–water partition coefficient (Wildman–Crippen LogP) is 8.68. The summed E-state index contributed by atoms with van der Waals surface area (Å²) in [6.45, 7) is 5.81. The molecule has 11 rings (SSSR count). The fourth-order valence-electron chi connectivity index (χ4n) is 10.2. The number of carbonyl (C=O) groups excluding carboxylic acids is 7. The second-order valence-corrected chi connectivity index (χ2v) is 21.4. The van der Waals surface area contributed by atoms with E-state index in [1.165, 1.54) is 67.5 Å². The minimum atomic E-state index is -1.54. The molecule has 1 fully saturated rings. The highest BCUT2D eigenvalue weighted by Crippen LogP contribution is 2.57. The number of carbonyl (C=O) groups is 7. The summed E-state index contributed by atoms with van der Waals surface area (Å²) in [6, 6.07) is 37.1. The molecule has 0 saturated carbocycles. The lowest BCUT2D eigenvalue weighted by Crippen LogP contribution is -2.71. The molecule has 2 atom stereocenters. The Kier molecular flexibility index (Phi) is 13.7. The summed E-state index contributed by atoms with van der Waals surface area (Å²) in [5.41, 5.74) is 3.12. The van der Waals surface area contributed by atoms with Crippen LogP contribution in [0.2, 0.25) is 0 Å². The van der Waals surface area contributed by atoms with Crippen LogP contribution < -0.4 is 25.2 Å². The van der Waals surface area contributed by atoms with Gasteiger partial charge >= 0.3 is 29.5 Å². The molecule has 7 aromatic rings. The highest BCUT2D eigenvalue weighted by molar-refractivity contribution is 8.01. The third kappa shape index (κ3) is 9.69. The summed E-state index contributed by atoms with van der Waals surface area (Å²) in [4.78, 5) is 111. The number of ether oxygens (including phenoxy) is 5. The van der Waals surface area contributed by atoms with Crippen molar-refractivity contribution in [1.82, 2.24) is 15.1 Å². The Bertz CT molecular complexity index is 3740. The summed E-state index contributed by atoms with van der Waals surface area (Å²) >= 11 is 2.65. The second kappa shape index (κ2) is 20.8. The molecule has 1 spiro atoms. The maximum Gasteiger partial charge on any atom is 0.356 e. The van der Waals surface area contributed by atoms with Gasteiger partial charge in [0.05, 0.1) is 12.1 Å². The van der Waals surface area contributed by atoms with Crippen molar-refractivity contribution in [3.8, 4) is 23.0 Å². The van der Waals surface area contributed by atoms with Crippen LogP contribution in [0.15, 0.2) is 159 Å². The number of thioether (sulfide) groups is 2. The van der Waals surface area contributed by atoms with Gasteiger partial charge in [-0.15, -0.1) is 23.5 Å². The first-order valence-electron chi connectivity index (χ1n) is 24.9. The molecular weight excluding hydrogens is 1050 g/mol. The smallest absolute Gasteiger partial charge is 0.356 e. The van der Waals surface area contributed by atoms with Gasteiger partial charge in [0, 0.05) is 71.5 Å². The lowest BCUT2D eigenvalue weighted by atomic mass is 9.77. The lowest BCUT2D eigenvalue weighted by Gasteiger charge is -2.50. The molecule has 2 unspecified atom stereocenters. The van der Waals surface area contributed by atoms with Crippen molar-refractivity contribution in [3.63, 3.8) is 0 Å². The van der Waals surface area contributed by atoms with Crippen LogP contribution in [0.25, 0.3) is 11.0 Å². The maximum absolute atomic E-state index is 14.9. The zero-order valence-electron chi connectivity index (χ0n) is 43.0. The lowest BCUT2D eigenvalue weighted by molar-refractivity contribution is -0.154. The first-order chi connectivity index (χ1) is 38.0. The number of amides is 3. The van der Waals surface area contributed by atoms with Crippen LogP contribution in [0.4, 0.5) is 0 Å². The fourth-order valence-corrected chi connectivity index (χ4v) is 12.6. The van der Waals surface area contributed by atoms with Gasteiger partial charge in [0.1, 0.15) is 51.3 Å². The molecule has 1 aromatic heterocycles. The minimum Gasteiger partial charge on any atom is -0.456 e. The number of benzene rings is 6. The van der Waals surface area contributed by atoms with Crippen molar-refractivity contribution in [2.24, 2.45) is 0 Å². The molecule has 398 valence electrons.